The maximum atomic E-state index is 7.43. The average molecular weight is 705 g/mol. The van der Waals surface area contributed by atoms with Gasteiger partial charge in [-0.25, -0.2) is 0 Å². The number of rotatable bonds is 0. The number of fused-ring (bicyclic) bond motifs is 16. The van der Waals surface area contributed by atoms with Crippen molar-refractivity contribution >= 4 is 0 Å². The zero-order valence-electron chi connectivity index (χ0n) is 32.1. The predicted molar refractivity (Wildman–Crippen MR) is 207 cm³/mol. The van der Waals surface area contributed by atoms with Gasteiger partial charge in [-0.1, -0.05) is 128 Å². The molecule has 4 nitrogen and oxygen atoms in total. The summed E-state index contributed by atoms with van der Waals surface area (Å²) in [6.07, 6.45) is 33.8. The molecule has 4 heteroatoms. The Morgan fingerprint density at radius 1 is 0.212 bits per heavy atom. The predicted octanol–water partition coefficient (Wildman–Crippen LogP) is 14.5. The minimum Gasteiger partial charge on any atom is -0.464 e. The lowest BCUT2D eigenvalue weighted by Gasteiger charge is -2.36. The molecule has 280 valence electrons. The van der Waals surface area contributed by atoms with E-state index in [1.807, 2.05) is 0 Å². The van der Waals surface area contributed by atoms with E-state index in [1.54, 1.807) is 0 Å². The zero-order valence-corrected chi connectivity index (χ0v) is 32.1. The van der Waals surface area contributed by atoms with Crippen LogP contribution in [-0.4, -0.2) is 0 Å². The highest BCUT2D eigenvalue weighted by Gasteiger charge is 2.49. The van der Waals surface area contributed by atoms with Crippen LogP contribution in [0.25, 0.3) is 0 Å². The van der Waals surface area contributed by atoms with Crippen LogP contribution in [0.4, 0.5) is 0 Å². The van der Waals surface area contributed by atoms with Crippen molar-refractivity contribution in [3.63, 3.8) is 0 Å². The third-order valence-corrected chi connectivity index (χ3v) is 15.0. The smallest absolute Gasteiger partial charge is 0.117 e. The molecule has 0 radical (unpaired) electrons. The molecule has 1 aliphatic heterocycles. The van der Waals surface area contributed by atoms with Gasteiger partial charge in [-0.05, 0) is 99.9 Å². The van der Waals surface area contributed by atoms with Gasteiger partial charge < -0.3 is 17.7 Å². The molecule has 0 unspecified atom stereocenters. The summed E-state index contributed by atoms with van der Waals surface area (Å²) < 4.78 is 29.7. The van der Waals surface area contributed by atoms with Gasteiger partial charge in [-0.2, -0.15) is 0 Å². The Bertz CT molecular complexity index is 1390. The Kier molecular flexibility index (Phi) is 9.89. The van der Waals surface area contributed by atoms with Gasteiger partial charge in [0.25, 0.3) is 0 Å². The van der Waals surface area contributed by atoms with Crippen LogP contribution >= 0.6 is 0 Å². The van der Waals surface area contributed by atoms with Gasteiger partial charge in [-0.15, -0.1) is 0 Å². The minimum atomic E-state index is -0.259. The maximum absolute atomic E-state index is 7.43. The van der Waals surface area contributed by atoms with Crippen LogP contribution < -0.4 is 0 Å². The maximum Gasteiger partial charge on any atom is 0.117 e. The van der Waals surface area contributed by atoms with Gasteiger partial charge in [0, 0.05) is 0 Å². The second kappa shape index (κ2) is 14.7. The van der Waals surface area contributed by atoms with E-state index in [4.69, 9.17) is 17.7 Å². The van der Waals surface area contributed by atoms with Crippen molar-refractivity contribution in [2.45, 2.75) is 201 Å². The van der Waals surface area contributed by atoms with Crippen LogP contribution in [0.2, 0.25) is 0 Å². The van der Waals surface area contributed by atoms with E-state index >= 15 is 0 Å². The molecule has 4 saturated carbocycles. The number of hydrogen-bond donors (Lipinski definition) is 0. The molecule has 0 atom stereocenters. The fraction of sp³-hybridized carbons (Fsp3) is 0.667. The second-order valence-electron chi connectivity index (χ2n) is 18.1. The van der Waals surface area contributed by atoms with Crippen LogP contribution in [0.15, 0.2) is 66.2 Å². The van der Waals surface area contributed by atoms with Gasteiger partial charge in [0.15, 0.2) is 0 Å². The van der Waals surface area contributed by atoms with Gasteiger partial charge in [0.05, 0.1) is 21.7 Å². The number of furan rings is 4. The third-order valence-electron chi connectivity index (χ3n) is 15.0. The van der Waals surface area contributed by atoms with E-state index < -0.39 is 0 Å². The molecule has 0 amide bonds. The zero-order chi connectivity index (χ0) is 34.9. The Morgan fingerprint density at radius 2 is 0.346 bits per heavy atom. The van der Waals surface area contributed by atoms with Crippen molar-refractivity contribution in [1.82, 2.24) is 0 Å². The Labute approximate surface area is 312 Å². The Morgan fingerprint density at radius 3 is 0.500 bits per heavy atom. The highest BCUT2D eigenvalue weighted by atomic mass is 16.4. The molecular weight excluding hydrogens is 641 g/mol. The largest absolute Gasteiger partial charge is 0.464 e. The third kappa shape index (κ3) is 6.01. The van der Waals surface area contributed by atoms with Gasteiger partial charge >= 0.3 is 0 Å². The SMILES string of the molecule is c1cc2oc1C1(CCCCCCC1)c1ccc(o1)C1(CCCCCCC1)c1ccc(o1)C1(CCCCCCC1)c1ccc(o1)C21CCCCCCC1. The van der Waals surface area contributed by atoms with Crippen LogP contribution in [0.5, 0.6) is 0 Å². The fourth-order valence-corrected chi connectivity index (χ4v) is 11.9. The summed E-state index contributed by atoms with van der Waals surface area (Å²) in [6.45, 7) is 0. The van der Waals surface area contributed by atoms with Crippen molar-refractivity contribution in [2.24, 2.45) is 0 Å². The first-order valence-corrected chi connectivity index (χ1v) is 22.1. The molecule has 52 heavy (non-hydrogen) atoms. The fourth-order valence-electron chi connectivity index (χ4n) is 11.9. The summed E-state index contributed by atoms with van der Waals surface area (Å²) in [7, 11) is 0. The lowest BCUT2D eigenvalue weighted by Crippen LogP contribution is -2.31. The van der Waals surface area contributed by atoms with E-state index in [0.29, 0.717) is 0 Å². The monoisotopic (exact) mass is 704 g/mol. The lowest BCUT2D eigenvalue weighted by atomic mass is 9.72. The average Bonchev–Trinajstić information content (AvgIpc) is 3.94. The quantitative estimate of drug-likeness (QED) is 0.183. The molecule has 5 aliphatic rings. The van der Waals surface area contributed by atoms with Gasteiger partial charge in [0.2, 0.25) is 0 Å². The van der Waals surface area contributed by atoms with E-state index in [-0.39, 0.29) is 21.7 Å². The van der Waals surface area contributed by atoms with E-state index in [9.17, 15) is 0 Å². The summed E-state index contributed by atoms with van der Waals surface area (Å²) in [6, 6.07) is 18.9. The molecule has 4 aliphatic carbocycles. The molecule has 9 rings (SSSR count). The molecule has 8 bridgehead atoms. The molecule has 4 spiro atoms. The molecular formula is C48H64O4. The minimum absolute atomic E-state index is 0.259. The molecule has 4 aromatic rings. The number of hydrogen-bond acceptors (Lipinski definition) is 4. The van der Waals surface area contributed by atoms with Crippen molar-refractivity contribution < 1.29 is 17.7 Å². The molecule has 0 aromatic carbocycles. The van der Waals surface area contributed by atoms with E-state index in [2.05, 4.69) is 48.5 Å². The Balaban J connectivity index is 1.29. The molecule has 4 aromatic heterocycles. The first-order valence-electron chi connectivity index (χ1n) is 22.1. The first kappa shape index (κ1) is 34.9. The van der Waals surface area contributed by atoms with E-state index in [1.165, 1.54) is 128 Å². The molecule has 5 heterocycles. The molecule has 0 saturated heterocycles. The summed E-state index contributed by atoms with van der Waals surface area (Å²) in [5.74, 6) is 8.96. The highest BCUT2D eigenvalue weighted by Crippen LogP contribution is 2.54. The normalized spacial score (nSPS) is 24.9. The van der Waals surface area contributed by atoms with Crippen LogP contribution in [0, 0.1) is 0 Å². The van der Waals surface area contributed by atoms with Crippen molar-refractivity contribution in [1.29, 1.82) is 0 Å². The topological polar surface area (TPSA) is 52.6 Å². The standard InChI is InChI=1S/C48H64O4/c1-5-13-29-45(30-14-6-1)37-21-23-39(49-37)46(31-15-7-2-8-16-32-46)41-25-27-43(51-41)48(35-19-11-4-12-20-36-48)44-28-26-42(52-44)47(40-24-22-38(45)50-40)33-17-9-3-10-18-34-47/h21-28H,1-20,29-36H2. The summed E-state index contributed by atoms with van der Waals surface area (Å²) in [4.78, 5) is 0. The molecule has 0 N–H and O–H groups in total. The molecule has 4 fully saturated rings. The van der Waals surface area contributed by atoms with E-state index in [0.717, 1.165) is 97.4 Å². The van der Waals surface area contributed by atoms with Crippen LogP contribution in [-0.2, 0) is 21.7 Å². The van der Waals surface area contributed by atoms with Crippen molar-refractivity contribution in [2.75, 3.05) is 0 Å². The highest BCUT2D eigenvalue weighted by molar-refractivity contribution is 5.41. The Hall–Kier alpha value is -2.88. The summed E-state index contributed by atoms with van der Waals surface area (Å²) >= 11 is 0. The van der Waals surface area contributed by atoms with Crippen LogP contribution in [0.3, 0.4) is 0 Å². The van der Waals surface area contributed by atoms with Crippen molar-refractivity contribution in [3.05, 3.63) is 94.6 Å². The lowest BCUT2D eigenvalue weighted by molar-refractivity contribution is 0.191. The van der Waals surface area contributed by atoms with Crippen LogP contribution in [0.1, 0.15) is 226 Å². The van der Waals surface area contributed by atoms with Gasteiger partial charge in [-0.3, -0.25) is 0 Å². The van der Waals surface area contributed by atoms with Crippen molar-refractivity contribution in [3.8, 4) is 0 Å². The first-order chi connectivity index (χ1) is 25.7. The summed E-state index contributed by atoms with van der Waals surface area (Å²) in [5.41, 5.74) is -1.04. The summed E-state index contributed by atoms with van der Waals surface area (Å²) in [5, 5.41) is 0. The van der Waals surface area contributed by atoms with Gasteiger partial charge in [0.1, 0.15) is 46.1 Å². The second-order valence-corrected chi connectivity index (χ2v) is 18.1.